The van der Waals surface area contributed by atoms with Gasteiger partial charge in [-0.3, -0.25) is 0 Å². The second-order valence-electron chi connectivity index (χ2n) is 5.96. The highest BCUT2D eigenvalue weighted by atomic mass is 16.5. The number of hydrogen-bond donors (Lipinski definition) is 1. The fourth-order valence-electron chi connectivity index (χ4n) is 1.46. The first-order valence-corrected chi connectivity index (χ1v) is 6.39. The summed E-state index contributed by atoms with van der Waals surface area (Å²) in [6, 6.07) is 2.01. The fraction of sp³-hybridized carbons (Fsp3) is 0.714. The summed E-state index contributed by atoms with van der Waals surface area (Å²) in [6.45, 7) is 13.3. The Morgan fingerprint density at radius 3 is 2.22 bits per heavy atom. The monoisotopic (exact) mass is 251 g/mol. The van der Waals surface area contributed by atoms with Gasteiger partial charge in [0, 0.05) is 25.1 Å². The summed E-state index contributed by atoms with van der Waals surface area (Å²) < 4.78 is 5.47. The quantitative estimate of drug-likeness (QED) is 0.893. The van der Waals surface area contributed by atoms with Crippen molar-refractivity contribution in [1.29, 1.82) is 0 Å². The Morgan fingerprint density at radius 1 is 1.17 bits per heavy atom. The predicted molar refractivity (Wildman–Crippen MR) is 74.9 cm³/mol. The van der Waals surface area contributed by atoms with Gasteiger partial charge in [0.05, 0.1) is 5.69 Å². The largest absolute Gasteiger partial charge is 0.371 e. The SMILES string of the molecule is CCNc1cc(C(C)(C)C)nc(C(C)(C)OC)n1. The minimum atomic E-state index is -0.481. The number of rotatable bonds is 4. The van der Waals surface area contributed by atoms with E-state index in [0.29, 0.717) is 5.82 Å². The molecule has 0 atom stereocenters. The van der Waals surface area contributed by atoms with Crippen LogP contribution >= 0.6 is 0 Å². The molecule has 0 spiro atoms. The van der Waals surface area contributed by atoms with Crippen LogP contribution in [0, 0.1) is 0 Å². The number of aromatic nitrogens is 2. The van der Waals surface area contributed by atoms with Crippen molar-refractivity contribution in [2.24, 2.45) is 0 Å². The molecule has 0 amide bonds. The van der Waals surface area contributed by atoms with E-state index in [1.165, 1.54) is 0 Å². The summed E-state index contributed by atoms with van der Waals surface area (Å²) in [5.41, 5.74) is 0.533. The summed E-state index contributed by atoms with van der Waals surface area (Å²) in [5.74, 6) is 1.57. The van der Waals surface area contributed by atoms with Gasteiger partial charge in [-0.25, -0.2) is 9.97 Å². The summed E-state index contributed by atoms with van der Waals surface area (Å²) >= 11 is 0. The molecule has 0 radical (unpaired) electrons. The Bertz CT molecular complexity index is 408. The molecule has 0 saturated carbocycles. The zero-order valence-electron chi connectivity index (χ0n) is 12.6. The molecule has 0 saturated heterocycles. The lowest BCUT2D eigenvalue weighted by Gasteiger charge is -2.25. The van der Waals surface area contributed by atoms with E-state index >= 15 is 0 Å². The highest BCUT2D eigenvalue weighted by Gasteiger charge is 2.26. The van der Waals surface area contributed by atoms with Gasteiger partial charge in [0.25, 0.3) is 0 Å². The first kappa shape index (κ1) is 14.9. The van der Waals surface area contributed by atoms with Crippen molar-refractivity contribution in [1.82, 2.24) is 9.97 Å². The Balaban J connectivity index is 3.31. The van der Waals surface area contributed by atoms with Crippen LogP contribution in [-0.4, -0.2) is 23.6 Å². The van der Waals surface area contributed by atoms with Crippen LogP contribution in [-0.2, 0) is 15.8 Å². The van der Waals surface area contributed by atoms with Gasteiger partial charge in [-0.1, -0.05) is 20.8 Å². The van der Waals surface area contributed by atoms with Gasteiger partial charge in [0.15, 0.2) is 5.82 Å². The molecule has 0 aromatic carbocycles. The molecule has 0 aliphatic rings. The van der Waals surface area contributed by atoms with Crippen LogP contribution in [0.15, 0.2) is 6.07 Å². The highest BCUT2D eigenvalue weighted by molar-refractivity contribution is 5.38. The van der Waals surface area contributed by atoms with E-state index in [0.717, 1.165) is 18.1 Å². The molecule has 18 heavy (non-hydrogen) atoms. The number of methoxy groups -OCH3 is 1. The van der Waals surface area contributed by atoms with Crippen molar-refractivity contribution in [2.45, 2.75) is 52.6 Å². The van der Waals surface area contributed by atoms with Crippen LogP contribution in [0.25, 0.3) is 0 Å². The molecule has 102 valence electrons. The van der Waals surface area contributed by atoms with Crippen LogP contribution in [0.5, 0.6) is 0 Å². The van der Waals surface area contributed by atoms with E-state index in [-0.39, 0.29) is 5.41 Å². The molecule has 0 aliphatic heterocycles. The number of nitrogens with one attached hydrogen (secondary N) is 1. The summed E-state index contributed by atoms with van der Waals surface area (Å²) in [4.78, 5) is 9.19. The van der Waals surface area contributed by atoms with Gasteiger partial charge in [-0.05, 0) is 20.8 Å². The van der Waals surface area contributed by atoms with Crippen molar-refractivity contribution in [2.75, 3.05) is 19.0 Å². The van der Waals surface area contributed by atoms with Crippen LogP contribution in [0.2, 0.25) is 0 Å². The Hall–Kier alpha value is -1.16. The standard InChI is InChI=1S/C14H25N3O/c1-8-15-11-9-10(13(2,3)4)16-12(17-11)14(5,6)18-7/h9H,8H2,1-7H3,(H,15,16,17). The third-order valence-electron chi connectivity index (χ3n) is 2.90. The average molecular weight is 251 g/mol. The van der Waals surface area contributed by atoms with Gasteiger partial charge >= 0.3 is 0 Å². The van der Waals surface area contributed by atoms with Crippen LogP contribution in [0.1, 0.15) is 53.1 Å². The molecular weight excluding hydrogens is 226 g/mol. The highest BCUT2D eigenvalue weighted by Crippen LogP contribution is 2.27. The molecule has 0 aliphatic carbocycles. The third-order valence-corrected chi connectivity index (χ3v) is 2.90. The number of ether oxygens (including phenoxy) is 1. The van der Waals surface area contributed by atoms with Gasteiger partial charge in [-0.2, -0.15) is 0 Å². The van der Waals surface area contributed by atoms with Crippen LogP contribution in [0.3, 0.4) is 0 Å². The molecule has 1 N–H and O–H groups in total. The van der Waals surface area contributed by atoms with Crippen molar-refractivity contribution in [3.05, 3.63) is 17.6 Å². The first-order chi connectivity index (χ1) is 8.20. The first-order valence-electron chi connectivity index (χ1n) is 6.39. The second kappa shape index (κ2) is 5.22. The van der Waals surface area contributed by atoms with Gasteiger partial charge in [0.1, 0.15) is 11.4 Å². The molecule has 0 bridgehead atoms. The van der Waals surface area contributed by atoms with Crippen molar-refractivity contribution < 1.29 is 4.74 Å². The lowest BCUT2D eigenvalue weighted by Crippen LogP contribution is -2.26. The number of nitrogens with zero attached hydrogens (tertiary/aromatic N) is 2. The van der Waals surface area contributed by atoms with E-state index < -0.39 is 5.60 Å². The van der Waals surface area contributed by atoms with E-state index in [1.807, 2.05) is 19.9 Å². The van der Waals surface area contributed by atoms with Crippen LogP contribution in [0.4, 0.5) is 5.82 Å². The molecular formula is C14H25N3O. The van der Waals surface area contributed by atoms with Crippen molar-refractivity contribution >= 4 is 5.82 Å². The van der Waals surface area contributed by atoms with E-state index in [9.17, 15) is 0 Å². The maximum atomic E-state index is 5.47. The summed E-state index contributed by atoms with van der Waals surface area (Å²) in [6.07, 6.45) is 0. The Labute approximate surface area is 110 Å². The predicted octanol–water partition coefficient (Wildman–Crippen LogP) is 3.09. The maximum absolute atomic E-state index is 5.47. The summed E-state index contributed by atoms with van der Waals surface area (Å²) in [5, 5.41) is 3.25. The minimum absolute atomic E-state index is 0.00825. The Morgan fingerprint density at radius 2 is 1.78 bits per heavy atom. The third kappa shape index (κ3) is 3.42. The van der Waals surface area contributed by atoms with Crippen molar-refractivity contribution in [3.63, 3.8) is 0 Å². The molecule has 4 heteroatoms. The fourth-order valence-corrected chi connectivity index (χ4v) is 1.46. The van der Waals surface area contributed by atoms with Gasteiger partial charge < -0.3 is 10.1 Å². The molecule has 0 unspecified atom stereocenters. The van der Waals surface area contributed by atoms with Crippen LogP contribution < -0.4 is 5.32 Å². The normalized spacial score (nSPS) is 12.6. The summed E-state index contributed by atoms with van der Waals surface area (Å²) in [7, 11) is 1.68. The van der Waals surface area contributed by atoms with Gasteiger partial charge in [0.2, 0.25) is 0 Å². The minimum Gasteiger partial charge on any atom is -0.371 e. The second-order valence-corrected chi connectivity index (χ2v) is 5.96. The Kier molecular flexibility index (Phi) is 4.32. The van der Waals surface area contributed by atoms with E-state index in [4.69, 9.17) is 4.74 Å². The number of hydrogen-bond acceptors (Lipinski definition) is 4. The molecule has 0 fully saturated rings. The number of anilines is 1. The average Bonchev–Trinajstić information content (AvgIpc) is 2.28. The topological polar surface area (TPSA) is 47.0 Å². The maximum Gasteiger partial charge on any atom is 0.162 e. The van der Waals surface area contributed by atoms with E-state index in [1.54, 1.807) is 7.11 Å². The smallest absolute Gasteiger partial charge is 0.162 e. The zero-order valence-corrected chi connectivity index (χ0v) is 12.6. The van der Waals surface area contributed by atoms with E-state index in [2.05, 4.69) is 43.0 Å². The zero-order chi connectivity index (χ0) is 14.0. The molecule has 4 nitrogen and oxygen atoms in total. The molecule has 1 rings (SSSR count). The molecule has 1 heterocycles. The van der Waals surface area contributed by atoms with Crippen molar-refractivity contribution in [3.8, 4) is 0 Å². The van der Waals surface area contributed by atoms with Gasteiger partial charge in [-0.15, -0.1) is 0 Å². The molecule has 1 aromatic rings. The lowest BCUT2D eigenvalue weighted by molar-refractivity contribution is 0.0112. The lowest BCUT2D eigenvalue weighted by atomic mass is 9.91. The molecule has 1 aromatic heterocycles.